The molecular weight excluding hydrogens is 344 g/mol. The van der Waals surface area contributed by atoms with Crippen LogP contribution in [0.1, 0.15) is 30.7 Å². The first-order chi connectivity index (χ1) is 12.7. The number of amides is 1. The molecule has 1 aromatic rings. The van der Waals surface area contributed by atoms with Crippen molar-refractivity contribution in [3.05, 3.63) is 47.3 Å². The van der Waals surface area contributed by atoms with Gasteiger partial charge < -0.3 is 21.2 Å². The number of nitrogens with two attached hydrogens (primary N) is 1. The zero-order chi connectivity index (χ0) is 20.6. The van der Waals surface area contributed by atoms with Crippen LogP contribution in [0.15, 0.2) is 40.6 Å². The van der Waals surface area contributed by atoms with Crippen LogP contribution in [0, 0.1) is 13.8 Å². The van der Waals surface area contributed by atoms with Gasteiger partial charge in [0.05, 0.1) is 5.70 Å². The summed E-state index contributed by atoms with van der Waals surface area (Å²) in [5, 5.41) is 6.73. The van der Waals surface area contributed by atoms with Gasteiger partial charge in [0.2, 0.25) is 0 Å². The molecule has 146 valence electrons. The summed E-state index contributed by atoms with van der Waals surface area (Å²) < 4.78 is 5.80. The minimum Gasteiger partial charge on any atom is -0.460 e. The number of aryl methyl sites for hydroxylation is 2. The minimum atomic E-state index is -0.933. The first kappa shape index (κ1) is 21.9. The van der Waals surface area contributed by atoms with Crippen molar-refractivity contribution < 1.29 is 9.53 Å². The standard InChI is InChI=1S/C19H28N6O2/c1-8-9-15(21-6)19(4,5)27-18(25-22-7)17(26)23-11-14-12(2)10-16(20)24-13(14)3/h8-10,22H,1,6,11H2,2-5,7H3,(H2,20,24)(H,23,26)/b15-9+,25-18-. The molecule has 8 nitrogen and oxygen atoms in total. The fraction of sp³-hybridized carbons (Fsp3) is 0.368. The van der Waals surface area contributed by atoms with E-state index in [1.165, 1.54) is 0 Å². The zero-order valence-electron chi connectivity index (χ0n) is 16.6. The van der Waals surface area contributed by atoms with E-state index in [2.05, 4.69) is 39.1 Å². The molecule has 1 heterocycles. The maximum absolute atomic E-state index is 12.6. The average molecular weight is 372 g/mol. The summed E-state index contributed by atoms with van der Waals surface area (Å²) in [6.07, 6.45) is 3.23. The van der Waals surface area contributed by atoms with E-state index in [4.69, 9.17) is 10.5 Å². The van der Waals surface area contributed by atoms with Crippen molar-refractivity contribution in [2.75, 3.05) is 12.8 Å². The van der Waals surface area contributed by atoms with Crippen molar-refractivity contribution >= 4 is 24.3 Å². The van der Waals surface area contributed by atoms with Crippen LogP contribution in [0.25, 0.3) is 0 Å². The van der Waals surface area contributed by atoms with Crippen molar-refractivity contribution in [2.24, 2.45) is 10.1 Å². The SMILES string of the molecule is C=C/C=C(/N=C)C(C)(C)O/C(=N\NC)C(=O)NCc1c(C)cc(N)nc1C. The first-order valence-corrected chi connectivity index (χ1v) is 8.40. The third-order valence-electron chi connectivity index (χ3n) is 3.82. The Morgan fingerprint density at radius 1 is 1.44 bits per heavy atom. The number of hydrogen-bond acceptors (Lipinski definition) is 7. The minimum absolute atomic E-state index is 0.125. The summed E-state index contributed by atoms with van der Waals surface area (Å²) in [5.41, 5.74) is 10.5. The lowest BCUT2D eigenvalue weighted by Crippen LogP contribution is -2.40. The van der Waals surface area contributed by atoms with Gasteiger partial charge in [-0.1, -0.05) is 12.7 Å². The molecule has 0 bridgehead atoms. The number of hydrogen-bond donors (Lipinski definition) is 3. The van der Waals surface area contributed by atoms with E-state index in [-0.39, 0.29) is 12.4 Å². The van der Waals surface area contributed by atoms with Gasteiger partial charge in [0.15, 0.2) is 0 Å². The molecule has 0 aromatic carbocycles. The number of allylic oxidation sites excluding steroid dienone is 2. The first-order valence-electron chi connectivity index (χ1n) is 8.40. The second-order valence-electron chi connectivity index (χ2n) is 6.31. The van der Waals surface area contributed by atoms with Crippen molar-refractivity contribution in [3.63, 3.8) is 0 Å². The van der Waals surface area contributed by atoms with E-state index in [0.29, 0.717) is 11.5 Å². The second kappa shape index (κ2) is 9.51. The Balaban J connectivity index is 2.98. The number of aliphatic imine (C=N–C) groups is 1. The van der Waals surface area contributed by atoms with Crippen LogP contribution in [-0.4, -0.2) is 36.2 Å². The van der Waals surface area contributed by atoms with Crippen LogP contribution < -0.4 is 16.5 Å². The Kier molecular flexibility index (Phi) is 7.71. The van der Waals surface area contributed by atoms with E-state index in [9.17, 15) is 4.79 Å². The van der Waals surface area contributed by atoms with E-state index in [1.807, 2.05) is 13.8 Å². The largest absolute Gasteiger partial charge is 0.460 e. The highest BCUT2D eigenvalue weighted by Gasteiger charge is 2.29. The molecule has 1 amide bonds. The Morgan fingerprint density at radius 2 is 2.11 bits per heavy atom. The molecule has 0 spiro atoms. The Hall–Kier alpha value is -3.16. The molecule has 0 radical (unpaired) electrons. The number of anilines is 1. The van der Waals surface area contributed by atoms with Crippen molar-refractivity contribution in [1.82, 2.24) is 15.7 Å². The lowest BCUT2D eigenvalue weighted by atomic mass is 10.0. The van der Waals surface area contributed by atoms with Crippen LogP contribution >= 0.6 is 0 Å². The fourth-order valence-electron chi connectivity index (χ4n) is 2.47. The highest BCUT2D eigenvalue weighted by Crippen LogP contribution is 2.22. The summed E-state index contributed by atoms with van der Waals surface area (Å²) in [5.74, 6) is -0.157. The highest BCUT2D eigenvalue weighted by atomic mass is 16.5. The van der Waals surface area contributed by atoms with Crippen LogP contribution in [0.5, 0.6) is 0 Å². The summed E-state index contributed by atoms with van der Waals surface area (Å²) in [6.45, 7) is 14.7. The molecule has 0 atom stereocenters. The van der Waals surface area contributed by atoms with E-state index in [0.717, 1.165) is 16.8 Å². The highest BCUT2D eigenvalue weighted by molar-refractivity contribution is 6.35. The normalized spacial score (nSPS) is 12.3. The predicted octanol–water partition coefficient (Wildman–Crippen LogP) is 2.00. The predicted molar refractivity (Wildman–Crippen MR) is 109 cm³/mol. The molecule has 1 aromatic heterocycles. The zero-order valence-corrected chi connectivity index (χ0v) is 16.6. The van der Waals surface area contributed by atoms with Gasteiger partial charge in [-0.25, -0.2) is 4.98 Å². The van der Waals surface area contributed by atoms with E-state index in [1.54, 1.807) is 39.1 Å². The maximum Gasteiger partial charge on any atom is 0.308 e. The van der Waals surface area contributed by atoms with Gasteiger partial charge in [-0.2, -0.15) is 0 Å². The molecule has 8 heteroatoms. The number of nitrogens with one attached hydrogen (secondary N) is 2. The Bertz CT molecular complexity index is 757. The molecule has 0 saturated carbocycles. The summed E-state index contributed by atoms with van der Waals surface area (Å²) >= 11 is 0. The average Bonchev–Trinajstić information content (AvgIpc) is 2.57. The second-order valence-corrected chi connectivity index (χ2v) is 6.31. The monoisotopic (exact) mass is 372 g/mol. The van der Waals surface area contributed by atoms with Gasteiger partial charge in [-0.05, 0) is 57.7 Å². The van der Waals surface area contributed by atoms with E-state index >= 15 is 0 Å². The quantitative estimate of drug-likeness (QED) is 0.293. The summed E-state index contributed by atoms with van der Waals surface area (Å²) in [7, 11) is 1.58. The van der Waals surface area contributed by atoms with Crippen molar-refractivity contribution in [2.45, 2.75) is 39.8 Å². The van der Waals surface area contributed by atoms with Crippen LogP contribution in [0.4, 0.5) is 5.82 Å². The Labute approximate surface area is 160 Å². The molecule has 0 aliphatic rings. The van der Waals surface area contributed by atoms with Gasteiger partial charge >= 0.3 is 5.91 Å². The number of carbonyl (C=O) groups excluding carboxylic acids is 1. The smallest absolute Gasteiger partial charge is 0.308 e. The molecule has 4 N–H and O–H groups in total. The molecule has 0 aliphatic carbocycles. The molecule has 0 unspecified atom stereocenters. The summed E-state index contributed by atoms with van der Waals surface area (Å²) in [4.78, 5) is 20.8. The Morgan fingerprint density at radius 3 is 2.63 bits per heavy atom. The lowest BCUT2D eigenvalue weighted by Gasteiger charge is -2.26. The number of nitrogens with zero attached hydrogens (tertiary/aromatic N) is 3. The number of hydrazone groups is 1. The van der Waals surface area contributed by atoms with E-state index < -0.39 is 11.5 Å². The molecule has 0 fully saturated rings. The topological polar surface area (TPSA) is 114 Å². The van der Waals surface area contributed by atoms with Crippen LogP contribution in [0.3, 0.4) is 0 Å². The van der Waals surface area contributed by atoms with Gasteiger partial charge in [-0.3, -0.25) is 9.79 Å². The third-order valence-corrected chi connectivity index (χ3v) is 3.82. The third kappa shape index (κ3) is 5.95. The number of ether oxygens (including phenoxy) is 1. The van der Waals surface area contributed by atoms with Crippen molar-refractivity contribution in [1.29, 1.82) is 0 Å². The number of pyridine rings is 1. The van der Waals surface area contributed by atoms with Gasteiger partial charge in [0, 0.05) is 19.3 Å². The molecule has 0 aliphatic heterocycles. The van der Waals surface area contributed by atoms with Gasteiger partial charge in [0.25, 0.3) is 5.90 Å². The number of rotatable bonds is 7. The molecule has 27 heavy (non-hydrogen) atoms. The molecule has 1 rings (SSSR count). The van der Waals surface area contributed by atoms with Gasteiger partial charge in [-0.15, -0.1) is 5.10 Å². The number of nitrogen functional groups attached to an aromatic ring is 1. The number of aromatic nitrogens is 1. The van der Waals surface area contributed by atoms with Crippen LogP contribution in [0.2, 0.25) is 0 Å². The summed E-state index contributed by atoms with van der Waals surface area (Å²) in [6, 6.07) is 1.76. The van der Waals surface area contributed by atoms with Gasteiger partial charge in [0.1, 0.15) is 11.4 Å². The lowest BCUT2D eigenvalue weighted by molar-refractivity contribution is -0.117. The van der Waals surface area contributed by atoms with Crippen molar-refractivity contribution in [3.8, 4) is 0 Å². The fourth-order valence-corrected chi connectivity index (χ4v) is 2.47. The molecular formula is C19H28N6O2. The van der Waals surface area contributed by atoms with Crippen LogP contribution in [-0.2, 0) is 16.1 Å². The molecule has 0 saturated heterocycles. The number of carbonyl (C=O) groups is 1. The maximum atomic E-state index is 12.6.